The first kappa shape index (κ1) is 15.9. The average Bonchev–Trinajstić information content (AvgIpc) is 3.03. The Morgan fingerprint density at radius 3 is 3.04 bits per heavy atom. The molecule has 0 saturated carbocycles. The fraction of sp³-hybridized carbons (Fsp3) is 0.389. The fourth-order valence-electron chi connectivity index (χ4n) is 2.79. The number of carbonyl (C=O) groups excluding carboxylic acids is 1. The third-order valence-corrected chi connectivity index (χ3v) is 4.29. The van der Waals surface area contributed by atoms with Crippen LogP contribution >= 0.6 is 11.6 Å². The molecule has 1 amide bonds. The van der Waals surface area contributed by atoms with Gasteiger partial charge in [0.25, 0.3) is 0 Å². The first-order valence-corrected chi connectivity index (χ1v) is 8.33. The van der Waals surface area contributed by atoms with Crippen molar-refractivity contribution in [2.45, 2.75) is 32.1 Å². The van der Waals surface area contributed by atoms with Crippen LogP contribution in [0.5, 0.6) is 11.5 Å². The van der Waals surface area contributed by atoms with Crippen LogP contribution in [-0.4, -0.2) is 19.2 Å². The average molecular weight is 334 g/mol. The van der Waals surface area contributed by atoms with E-state index in [0.29, 0.717) is 23.1 Å². The standard InChI is InChI=1S/C18H20ClNO3/c19-15-10-14(11-16-18(15)23-12-22-16)6-7-17(21)20-9-8-13-4-2-1-3-5-13/h4,6-7,10-11H,1-3,5,8-9,12H2,(H,20,21). The number of halogens is 1. The molecule has 1 N–H and O–H groups in total. The molecule has 1 aliphatic carbocycles. The number of benzene rings is 1. The van der Waals surface area contributed by atoms with Crippen molar-refractivity contribution in [3.05, 3.63) is 40.4 Å². The lowest BCUT2D eigenvalue weighted by Crippen LogP contribution is -2.22. The van der Waals surface area contributed by atoms with Crippen LogP contribution in [0.4, 0.5) is 0 Å². The van der Waals surface area contributed by atoms with Gasteiger partial charge in [-0.05, 0) is 55.9 Å². The summed E-state index contributed by atoms with van der Waals surface area (Å²) in [6.45, 7) is 0.857. The van der Waals surface area contributed by atoms with Gasteiger partial charge in [0, 0.05) is 12.6 Å². The highest BCUT2D eigenvalue weighted by Crippen LogP contribution is 2.40. The van der Waals surface area contributed by atoms with Crippen LogP contribution in [0.15, 0.2) is 29.9 Å². The fourth-order valence-corrected chi connectivity index (χ4v) is 3.07. The minimum atomic E-state index is -0.102. The van der Waals surface area contributed by atoms with Gasteiger partial charge in [-0.2, -0.15) is 0 Å². The molecule has 5 heteroatoms. The highest BCUT2D eigenvalue weighted by molar-refractivity contribution is 6.32. The molecule has 1 aromatic carbocycles. The maximum Gasteiger partial charge on any atom is 0.244 e. The van der Waals surface area contributed by atoms with Crippen molar-refractivity contribution in [2.75, 3.05) is 13.3 Å². The number of hydrogen-bond donors (Lipinski definition) is 1. The van der Waals surface area contributed by atoms with Crippen molar-refractivity contribution >= 4 is 23.6 Å². The van der Waals surface area contributed by atoms with E-state index in [2.05, 4.69) is 11.4 Å². The van der Waals surface area contributed by atoms with Crippen LogP contribution in [0.1, 0.15) is 37.7 Å². The van der Waals surface area contributed by atoms with Crippen LogP contribution in [-0.2, 0) is 4.79 Å². The molecule has 3 rings (SSSR count). The molecule has 0 unspecified atom stereocenters. The minimum absolute atomic E-state index is 0.102. The van der Waals surface area contributed by atoms with E-state index in [4.69, 9.17) is 21.1 Å². The number of nitrogens with one attached hydrogen (secondary N) is 1. The van der Waals surface area contributed by atoms with Gasteiger partial charge in [-0.3, -0.25) is 4.79 Å². The Bertz CT molecular complexity index is 652. The molecule has 0 saturated heterocycles. The van der Waals surface area contributed by atoms with Crippen LogP contribution in [0.3, 0.4) is 0 Å². The molecule has 0 atom stereocenters. The molecular weight excluding hydrogens is 314 g/mol. The third-order valence-electron chi connectivity index (χ3n) is 4.01. The van der Waals surface area contributed by atoms with Gasteiger partial charge in [-0.1, -0.05) is 23.3 Å². The lowest BCUT2D eigenvalue weighted by atomic mass is 9.97. The van der Waals surface area contributed by atoms with Gasteiger partial charge in [0.05, 0.1) is 5.02 Å². The third kappa shape index (κ3) is 4.29. The van der Waals surface area contributed by atoms with Crippen molar-refractivity contribution < 1.29 is 14.3 Å². The summed E-state index contributed by atoms with van der Waals surface area (Å²) in [6, 6.07) is 3.57. The normalized spacial score (nSPS) is 16.5. The first-order chi connectivity index (χ1) is 11.2. The Labute approximate surface area is 141 Å². The van der Waals surface area contributed by atoms with Crippen LogP contribution in [0.2, 0.25) is 5.02 Å². The van der Waals surface area contributed by atoms with Gasteiger partial charge in [-0.15, -0.1) is 0 Å². The molecule has 23 heavy (non-hydrogen) atoms. The summed E-state index contributed by atoms with van der Waals surface area (Å²) in [6.07, 6.45) is 11.4. The second kappa shape index (κ2) is 7.55. The van der Waals surface area contributed by atoms with E-state index in [1.165, 1.54) is 37.3 Å². The van der Waals surface area contributed by atoms with E-state index >= 15 is 0 Å². The zero-order chi connectivity index (χ0) is 16.1. The smallest absolute Gasteiger partial charge is 0.244 e. The SMILES string of the molecule is O=C(C=Cc1cc(Cl)c2c(c1)OCO2)NCCC1=CCCCC1. The van der Waals surface area contributed by atoms with Crippen LogP contribution in [0, 0.1) is 0 Å². The summed E-state index contributed by atoms with van der Waals surface area (Å²) >= 11 is 6.11. The summed E-state index contributed by atoms with van der Waals surface area (Å²) in [5, 5.41) is 3.40. The summed E-state index contributed by atoms with van der Waals surface area (Å²) in [5.74, 6) is 1.08. The van der Waals surface area contributed by atoms with Gasteiger partial charge < -0.3 is 14.8 Å². The lowest BCUT2D eigenvalue weighted by molar-refractivity contribution is -0.116. The largest absolute Gasteiger partial charge is 0.454 e. The molecule has 0 fully saturated rings. The predicted octanol–water partition coefficient (Wildman–Crippen LogP) is 4.09. The summed E-state index contributed by atoms with van der Waals surface area (Å²) in [5.41, 5.74) is 2.27. The van der Waals surface area contributed by atoms with Crippen molar-refractivity contribution in [1.82, 2.24) is 5.32 Å². The maximum absolute atomic E-state index is 11.9. The Balaban J connectivity index is 1.50. The molecule has 1 aromatic rings. The highest BCUT2D eigenvalue weighted by Gasteiger charge is 2.17. The molecule has 2 aliphatic rings. The number of rotatable bonds is 5. The van der Waals surface area contributed by atoms with E-state index in [1.807, 2.05) is 6.07 Å². The number of ether oxygens (including phenoxy) is 2. The van der Waals surface area contributed by atoms with Crippen LogP contribution < -0.4 is 14.8 Å². The van der Waals surface area contributed by atoms with Gasteiger partial charge in [-0.25, -0.2) is 0 Å². The Morgan fingerprint density at radius 2 is 2.22 bits per heavy atom. The molecule has 0 bridgehead atoms. The van der Waals surface area contributed by atoms with E-state index in [0.717, 1.165) is 12.0 Å². The Morgan fingerprint density at radius 1 is 1.30 bits per heavy atom. The number of carbonyl (C=O) groups is 1. The second-order valence-corrected chi connectivity index (χ2v) is 6.13. The number of fused-ring (bicyclic) bond motifs is 1. The van der Waals surface area contributed by atoms with E-state index in [-0.39, 0.29) is 12.7 Å². The first-order valence-electron chi connectivity index (χ1n) is 7.95. The van der Waals surface area contributed by atoms with Crippen molar-refractivity contribution in [3.63, 3.8) is 0 Å². The van der Waals surface area contributed by atoms with E-state index < -0.39 is 0 Å². The molecule has 0 radical (unpaired) electrons. The van der Waals surface area contributed by atoms with Gasteiger partial charge in [0.1, 0.15) is 0 Å². The topological polar surface area (TPSA) is 47.6 Å². The molecule has 4 nitrogen and oxygen atoms in total. The number of amides is 1. The zero-order valence-electron chi connectivity index (χ0n) is 12.9. The quantitative estimate of drug-likeness (QED) is 0.652. The summed E-state index contributed by atoms with van der Waals surface area (Å²) < 4.78 is 10.6. The van der Waals surface area contributed by atoms with Crippen molar-refractivity contribution in [3.8, 4) is 11.5 Å². The lowest BCUT2D eigenvalue weighted by Gasteiger charge is -2.12. The summed E-state index contributed by atoms with van der Waals surface area (Å²) in [4.78, 5) is 11.9. The zero-order valence-corrected chi connectivity index (χ0v) is 13.7. The maximum atomic E-state index is 11.9. The summed E-state index contributed by atoms with van der Waals surface area (Å²) in [7, 11) is 0. The molecule has 1 heterocycles. The molecule has 0 aromatic heterocycles. The number of hydrogen-bond acceptors (Lipinski definition) is 3. The number of allylic oxidation sites excluding steroid dienone is 1. The van der Waals surface area contributed by atoms with Crippen LogP contribution in [0.25, 0.3) is 6.08 Å². The Hall–Kier alpha value is -1.94. The van der Waals surface area contributed by atoms with Gasteiger partial charge in [0.2, 0.25) is 12.7 Å². The van der Waals surface area contributed by atoms with Crippen molar-refractivity contribution in [1.29, 1.82) is 0 Å². The van der Waals surface area contributed by atoms with E-state index in [9.17, 15) is 4.79 Å². The van der Waals surface area contributed by atoms with Gasteiger partial charge in [0.15, 0.2) is 11.5 Å². The van der Waals surface area contributed by atoms with E-state index in [1.54, 1.807) is 12.1 Å². The second-order valence-electron chi connectivity index (χ2n) is 5.72. The van der Waals surface area contributed by atoms with Gasteiger partial charge >= 0.3 is 0 Å². The predicted molar refractivity (Wildman–Crippen MR) is 90.8 cm³/mol. The molecule has 1 aliphatic heterocycles. The Kier molecular flexibility index (Phi) is 5.23. The molecule has 122 valence electrons. The highest BCUT2D eigenvalue weighted by atomic mass is 35.5. The van der Waals surface area contributed by atoms with Crippen molar-refractivity contribution in [2.24, 2.45) is 0 Å². The monoisotopic (exact) mass is 333 g/mol. The molecular formula is C18H20ClNO3. The molecule has 0 spiro atoms. The minimum Gasteiger partial charge on any atom is -0.454 e.